The number of rotatable bonds is 5. The summed E-state index contributed by atoms with van der Waals surface area (Å²) in [6, 6.07) is 8.04. The zero-order chi connectivity index (χ0) is 18.1. The number of likely N-dealkylation sites (N-methyl/N-ethyl adjacent to an activating group) is 1. The van der Waals surface area contributed by atoms with Gasteiger partial charge >= 0.3 is 0 Å². The molecule has 0 bridgehead atoms. The molecule has 1 aromatic carbocycles. The summed E-state index contributed by atoms with van der Waals surface area (Å²) in [6.45, 7) is 7.21. The first-order valence-corrected chi connectivity index (χ1v) is 9.64. The minimum Gasteiger partial charge on any atom is -0.497 e. The lowest BCUT2D eigenvalue weighted by Crippen LogP contribution is -2.47. The van der Waals surface area contributed by atoms with E-state index in [1.54, 1.807) is 7.11 Å². The fourth-order valence-corrected chi connectivity index (χ4v) is 4.64. The van der Waals surface area contributed by atoms with Crippen molar-refractivity contribution >= 4 is 16.3 Å². The Labute approximate surface area is 156 Å². The van der Waals surface area contributed by atoms with E-state index in [-0.39, 0.29) is 11.9 Å². The predicted molar refractivity (Wildman–Crippen MR) is 101 cm³/mol. The fraction of sp³-hybridized carbons (Fsp3) is 0.444. The van der Waals surface area contributed by atoms with Gasteiger partial charge in [-0.2, -0.15) is 9.61 Å². The molecule has 1 N–H and O–H groups in total. The van der Waals surface area contributed by atoms with Crippen molar-refractivity contribution in [3.8, 4) is 11.6 Å². The summed E-state index contributed by atoms with van der Waals surface area (Å²) < 4.78 is 6.93. The molecule has 1 saturated heterocycles. The van der Waals surface area contributed by atoms with Gasteiger partial charge < -0.3 is 14.7 Å². The lowest BCUT2D eigenvalue weighted by Gasteiger charge is -2.38. The van der Waals surface area contributed by atoms with Crippen LogP contribution in [0.15, 0.2) is 30.6 Å². The first-order valence-electron chi connectivity index (χ1n) is 8.83. The Kier molecular flexibility index (Phi) is 4.80. The molecule has 0 unspecified atom stereocenters. The molecule has 3 aromatic rings. The van der Waals surface area contributed by atoms with Gasteiger partial charge in [-0.05, 0) is 24.2 Å². The van der Waals surface area contributed by atoms with Crippen LogP contribution in [0.5, 0.6) is 11.6 Å². The molecule has 7 nitrogen and oxygen atoms in total. The van der Waals surface area contributed by atoms with E-state index < -0.39 is 0 Å². The highest BCUT2D eigenvalue weighted by Crippen LogP contribution is 2.40. The molecule has 1 aliphatic rings. The second-order valence-corrected chi connectivity index (χ2v) is 7.40. The van der Waals surface area contributed by atoms with Crippen LogP contribution in [0.25, 0.3) is 4.96 Å². The smallest absolute Gasteiger partial charge is 0.230 e. The number of piperazine rings is 1. The van der Waals surface area contributed by atoms with Crippen molar-refractivity contribution in [2.24, 2.45) is 0 Å². The van der Waals surface area contributed by atoms with Crippen LogP contribution in [0.1, 0.15) is 23.4 Å². The van der Waals surface area contributed by atoms with Crippen molar-refractivity contribution in [3.05, 3.63) is 41.0 Å². The maximum Gasteiger partial charge on any atom is 0.230 e. The van der Waals surface area contributed by atoms with Gasteiger partial charge in [-0.15, -0.1) is 0 Å². The van der Waals surface area contributed by atoms with Crippen LogP contribution in [0, 0.1) is 0 Å². The van der Waals surface area contributed by atoms with E-state index in [0.717, 1.165) is 48.9 Å². The van der Waals surface area contributed by atoms with Gasteiger partial charge in [0.05, 0.1) is 18.0 Å². The molecule has 0 radical (unpaired) electrons. The Balaban J connectivity index is 1.76. The van der Waals surface area contributed by atoms with Crippen molar-refractivity contribution in [2.45, 2.75) is 13.0 Å². The van der Waals surface area contributed by atoms with E-state index in [1.807, 2.05) is 18.2 Å². The number of methoxy groups -OCH3 is 1. The Morgan fingerprint density at radius 1 is 1.27 bits per heavy atom. The Morgan fingerprint density at radius 3 is 2.77 bits per heavy atom. The van der Waals surface area contributed by atoms with Crippen molar-refractivity contribution < 1.29 is 9.84 Å². The third-order valence-electron chi connectivity index (χ3n) is 5.02. The third kappa shape index (κ3) is 3.04. The maximum atomic E-state index is 10.8. The van der Waals surface area contributed by atoms with Gasteiger partial charge in [-0.3, -0.25) is 4.90 Å². The average Bonchev–Trinajstić information content (AvgIpc) is 3.26. The van der Waals surface area contributed by atoms with Crippen molar-refractivity contribution in [1.82, 2.24) is 24.4 Å². The van der Waals surface area contributed by atoms with E-state index in [0.29, 0.717) is 4.96 Å². The normalized spacial score (nSPS) is 17.6. The average molecular weight is 373 g/mol. The molecular weight excluding hydrogens is 350 g/mol. The molecule has 4 rings (SSSR count). The standard InChI is InChI=1S/C18H23N5O2S/c1-3-21-7-9-22(10-8-21)15(13-5-4-6-14(11-13)25-2)16-17(24)23-18(26-16)19-12-20-23/h4-6,11-12,15,24H,3,7-10H2,1-2H3/t15-/m1/s1. The quantitative estimate of drug-likeness (QED) is 0.740. The summed E-state index contributed by atoms with van der Waals surface area (Å²) in [4.78, 5) is 10.7. The summed E-state index contributed by atoms with van der Waals surface area (Å²) in [7, 11) is 1.68. The van der Waals surface area contributed by atoms with Crippen LogP contribution in [-0.4, -0.2) is 69.3 Å². The number of aromatic nitrogens is 3. The number of nitrogens with zero attached hydrogens (tertiary/aromatic N) is 5. The van der Waals surface area contributed by atoms with Crippen LogP contribution in [0.2, 0.25) is 0 Å². The van der Waals surface area contributed by atoms with Crippen LogP contribution in [0.3, 0.4) is 0 Å². The largest absolute Gasteiger partial charge is 0.497 e. The fourth-order valence-electron chi connectivity index (χ4n) is 3.55. The van der Waals surface area contributed by atoms with E-state index in [2.05, 4.69) is 32.9 Å². The minimum atomic E-state index is -0.0439. The van der Waals surface area contributed by atoms with Gasteiger partial charge in [0.1, 0.15) is 12.1 Å². The second-order valence-electron chi connectivity index (χ2n) is 6.39. The van der Waals surface area contributed by atoms with Crippen LogP contribution < -0.4 is 4.74 Å². The number of fused-ring (bicyclic) bond motifs is 1. The highest BCUT2D eigenvalue weighted by molar-refractivity contribution is 7.17. The third-order valence-corrected chi connectivity index (χ3v) is 6.10. The molecule has 0 amide bonds. The summed E-state index contributed by atoms with van der Waals surface area (Å²) in [5.41, 5.74) is 1.11. The SMILES string of the molecule is CCN1CCN([C@H](c2cccc(OC)c2)c2sc3ncnn3c2O)CC1. The number of hydrogen-bond donors (Lipinski definition) is 1. The number of hydrogen-bond acceptors (Lipinski definition) is 7. The summed E-state index contributed by atoms with van der Waals surface area (Å²) >= 11 is 1.49. The lowest BCUT2D eigenvalue weighted by atomic mass is 10.0. The maximum absolute atomic E-state index is 10.8. The molecule has 0 saturated carbocycles. The molecule has 0 spiro atoms. The van der Waals surface area contributed by atoms with Crippen molar-refractivity contribution in [3.63, 3.8) is 0 Å². The van der Waals surface area contributed by atoms with Crippen LogP contribution >= 0.6 is 11.3 Å². The van der Waals surface area contributed by atoms with E-state index in [1.165, 1.54) is 22.2 Å². The molecule has 0 aliphatic carbocycles. The van der Waals surface area contributed by atoms with Gasteiger partial charge in [-0.25, -0.2) is 4.98 Å². The summed E-state index contributed by atoms with van der Waals surface area (Å²) in [6.07, 6.45) is 1.47. The van der Waals surface area contributed by atoms with Gasteiger partial charge in [0, 0.05) is 26.2 Å². The molecule has 2 aromatic heterocycles. The second kappa shape index (κ2) is 7.22. The van der Waals surface area contributed by atoms with E-state index >= 15 is 0 Å². The summed E-state index contributed by atoms with van der Waals surface area (Å²) in [5.74, 6) is 0.992. The molecule has 1 aliphatic heterocycles. The summed E-state index contributed by atoms with van der Waals surface area (Å²) in [5, 5.41) is 14.9. The first kappa shape index (κ1) is 17.3. The van der Waals surface area contributed by atoms with Gasteiger partial charge in [-0.1, -0.05) is 30.4 Å². The predicted octanol–water partition coefficient (Wildman–Crippen LogP) is 2.23. The molecule has 8 heteroatoms. The minimum absolute atomic E-state index is 0.0439. The Morgan fingerprint density at radius 2 is 2.08 bits per heavy atom. The molecule has 26 heavy (non-hydrogen) atoms. The molecule has 1 atom stereocenters. The topological polar surface area (TPSA) is 66.1 Å². The van der Waals surface area contributed by atoms with Crippen molar-refractivity contribution in [1.29, 1.82) is 0 Å². The highest BCUT2D eigenvalue weighted by Gasteiger charge is 2.31. The van der Waals surface area contributed by atoms with Crippen molar-refractivity contribution in [2.75, 3.05) is 39.8 Å². The lowest BCUT2D eigenvalue weighted by molar-refractivity contribution is 0.113. The molecule has 138 valence electrons. The zero-order valence-corrected chi connectivity index (χ0v) is 15.8. The number of ether oxygens (including phenoxy) is 1. The highest BCUT2D eigenvalue weighted by atomic mass is 32.1. The van der Waals surface area contributed by atoms with Gasteiger partial charge in [0.15, 0.2) is 0 Å². The number of benzene rings is 1. The Hall–Kier alpha value is -2.16. The molecule has 3 heterocycles. The van der Waals surface area contributed by atoms with Gasteiger partial charge in [0.25, 0.3) is 0 Å². The van der Waals surface area contributed by atoms with E-state index in [9.17, 15) is 5.11 Å². The van der Waals surface area contributed by atoms with E-state index in [4.69, 9.17) is 4.74 Å². The monoisotopic (exact) mass is 373 g/mol. The first-order chi connectivity index (χ1) is 12.7. The number of thiazole rings is 1. The van der Waals surface area contributed by atoms with Crippen LogP contribution in [-0.2, 0) is 0 Å². The van der Waals surface area contributed by atoms with Crippen LogP contribution in [0.4, 0.5) is 0 Å². The van der Waals surface area contributed by atoms with Gasteiger partial charge in [0.2, 0.25) is 10.8 Å². The molecular formula is C18H23N5O2S. The molecule has 1 fully saturated rings. The number of aromatic hydroxyl groups is 1. The zero-order valence-electron chi connectivity index (χ0n) is 15.0. The Bertz CT molecular complexity index is 885.